The molecular formula is C80H74N2. The highest BCUT2D eigenvalue weighted by atomic mass is 15.1. The Bertz CT molecular complexity index is 4500. The summed E-state index contributed by atoms with van der Waals surface area (Å²) in [5.74, 6) is 0. The zero-order valence-corrected chi connectivity index (χ0v) is 49.8. The molecule has 12 aromatic carbocycles. The fourth-order valence-electron chi connectivity index (χ4n) is 12.7. The van der Waals surface area contributed by atoms with E-state index >= 15 is 0 Å². The van der Waals surface area contributed by atoms with Crippen molar-refractivity contribution in [2.45, 2.75) is 105 Å². The van der Waals surface area contributed by atoms with Crippen LogP contribution in [0.3, 0.4) is 0 Å². The molecule has 1 aromatic heterocycles. The Labute approximate surface area is 485 Å². The van der Waals surface area contributed by atoms with Crippen molar-refractivity contribution in [2.24, 2.45) is 0 Å². The maximum atomic E-state index is 2.57. The molecule has 1 heterocycles. The van der Waals surface area contributed by atoms with E-state index in [9.17, 15) is 0 Å². The Morgan fingerprint density at radius 1 is 0.280 bits per heavy atom. The van der Waals surface area contributed by atoms with E-state index in [1.54, 1.807) is 0 Å². The molecule has 0 saturated carbocycles. The van der Waals surface area contributed by atoms with Gasteiger partial charge in [0.1, 0.15) is 0 Å². The topological polar surface area (TPSA) is 8.17 Å². The van der Waals surface area contributed by atoms with Crippen LogP contribution in [0, 0.1) is 0 Å². The van der Waals surface area contributed by atoms with Gasteiger partial charge in [-0.25, -0.2) is 0 Å². The van der Waals surface area contributed by atoms with Gasteiger partial charge < -0.3 is 9.47 Å². The van der Waals surface area contributed by atoms with Crippen LogP contribution in [0.15, 0.2) is 231 Å². The maximum absolute atomic E-state index is 2.57. The third-order valence-corrected chi connectivity index (χ3v) is 17.4. The van der Waals surface area contributed by atoms with Crippen molar-refractivity contribution in [1.29, 1.82) is 0 Å². The lowest BCUT2D eigenvalue weighted by Crippen LogP contribution is -2.16. The van der Waals surface area contributed by atoms with E-state index in [1.165, 1.54) is 127 Å². The van der Waals surface area contributed by atoms with Crippen LogP contribution >= 0.6 is 0 Å². The smallest absolute Gasteiger partial charge is 0.0543 e. The van der Waals surface area contributed by atoms with Crippen LogP contribution in [0.1, 0.15) is 105 Å². The summed E-state index contributed by atoms with van der Waals surface area (Å²) in [5.41, 5.74) is 21.8. The van der Waals surface area contributed by atoms with Gasteiger partial charge in [-0.2, -0.15) is 0 Å². The van der Waals surface area contributed by atoms with E-state index < -0.39 is 0 Å². The molecule has 404 valence electrons. The van der Waals surface area contributed by atoms with E-state index in [2.05, 4.69) is 323 Å². The van der Waals surface area contributed by atoms with Crippen LogP contribution in [-0.4, -0.2) is 4.57 Å². The van der Waals surface area contributed by atoms with Gasteiger partial charge in [-0.05, 0) is 147 Å². The van der Waals surface area contributed by atoms with Gasteiger partial charge in [0, 0.05) is 32.8 Å². The van der Waals surface area contributed by atoms with Gasteiger partial charge in [0.2, 0.25) is 0 Å². The van der Waals surface area contributed by atoms with Crippen LogP contribution in [-0.2, 0) is 21.7 Å². The molecule has 2 heteroatoms. The van der Waals surface area contributed by atoms with Crippen LogP contribution in [0.2, 0.25) is 0 Å². The molecule has 13 rings (SSSR count). The molecule has 0 N–H and O–H groups in total. The van der Waals surface area contributed by atoms with Crippen molar-refractivity contribution in [2.75, 3.05) is 4.90 Å². The van der Waals surface area contributed by atoms with E-state index in [4.69, 9.17) is 0 Å². The number of hydrogen-bond acceptors (Lipinski definition) is 1. The molecule has 0 unspecified atom stereocenters. The first-order valence-corrected chi connectivity index (χ1v) is 29.4. The van der Waals surface area contributed by atoms with Crippen LogP contribution in [0.4, 0.5) is 17.1 Å². The van der Waals surface area contributed by atoms with E-state index in [1.807, 2.05) is 0 Å². The number of fused-ring (bicyclic) bond motifs is 3. The van der Waals surface area contributed by atoms with Gasteiger partial charge >= 0.3 is 0 Å². The number of para-hydroxylation sites is 2. The molecule has 0 saturated heterocycles. The first-order chi connectivity index (χ1) is 39.2. The number of hydrogen-bond donors (Lipinski definition) is 0. The van der Waals surface area contributed by atoms with Crippen LogP contribution < -0.4 is 4.90 Å². The van der Waals surface area contributed by atoms with Crippen LogP contribution in [0.25, 0.3) is 104 Å². The van der Waals surface area contributed by atoms with Crippen molar-refractivity contribution in [3.8, 4) is 50.2 Å². The fourth-order valence-corrected chi connectivity index (χ4v) is 12.7. The lowest BCUT2D eigenvalue weighted by molar-refractivity contribution is 0.590. The van der Waals surface area contributed by atoms with Gasteiger partial charge in [-0.1, -0.05) is 271 Å². The zero-order valence-electron chi connectivity index (χ0n) is 49.8. The second-order valence-corrected chi connectivity index (χ2v) is 27.0. The Morgan fingerprint density at radius 2 is 0.695 bits per heavy atom. The summed E-state index contributed by atoms with van der Waals surface area (Å²) in [6, 6.07) is 87.8. The summed E-state index contributed by atoms with van der Waals surface area (Å²) in [5, 5.41) is 9.96. The van der Waals surface area contributed by atoms with Gasteiger partial charge in [0.05, 0.1) is 28.1 Å². The first-order valence-electron chi connectivity index (χ1n) is 29.4. The summed E-state index contributed by atoms with van der Waals surface area (Å²) < 4.78 is 2.48. The summed E-state index contributed by atoms with van der Waals surface area (Å²) in [6.45, 7) is 27.7. The molecule has 13 aromatic rings. The average Bonchev–Trinajstić information content (AvgIpc) is 2.32. The molecule has 0 fully saturated rings. The van der Waals surface area contributed by atoms with Gasteiger partial charge in [0.25, 0.3) is 0 Å². The molecule has 0 spiro atoms. The van der Waals surface area contributed by atoms with Gasteiger partial charge in [-0.3, -0.25) is 0 Å². The summed E-state index contributed by atoms with van der Waals surface area (Å²) in [7, 11) is 0. The van der Waals surface area contributed by atoms with Crippen molar-refractivity contribution in [3.63, 3.8) is 0 Å². The standard InChI is InChI=1S/C80H74N2/c1-77(2,3)56-35-25-51(26-36-56)61-19-13-14-20-63(61)66-46-40-59(80(10,11)12)50-74(66)81(60-41-29-53(30-42-60)69-49-58(79(7,8)9)39-45-62(69)52-27-37-57(38-28-52)78(4,5)6)72-47-33-54-32-44-68-73(48-34-55-31-43-67(72)75(54)76(55)68)82-70-23-17-15-21-64(70)65-22-16-18-24-71(65)82/h13-50H,1-12H3. The van der Waals surface area contributed by atoms with E-state index in [-0.39, 0.29) is 21.7 Å². The minimum absolute atomic E-state index is 0.0290. The first kappa shape index (κ1) is 52.6. The summed E-state index contributed by atoms with van der Waals surface area (Å²) in [6.07, 6.45) is 0. The van der Waals surface area contributed by atoms with Gasteiger partial charge in [-0.15, -0.1) is 0 Å². The van der Waals surface area contributed by atoms with Crippen molar-refractivity contribution >= 4 is 71.2 Å². The third-order valence-electron chi connectivity index (χ3n) is 17.4. The summed E-state index contributed by atoms with van der Waals surface area (Å²) >= 11 is 0. The highest BCUT2D eigenvalue weighted by Gasteiger charge is 2.27. The maximum Gasteiger partial charge on any atom is 0.0543 e. The second-order valence-electron chi connectivity index (χ2n) is 27.0. The molecule has 0 atom stereocenters. The highest BCUT2D eigenvalue weighted by molar-refractivity contribution is 6.27. The van der Waals surface area contributed by atoms with Gasteiger partial charge in [0.15, 0.2) is 0 Å². The van der Waals surface area contributed by atoms with E-state index in [0.29, 0.717) is 0 Å². The molecule has 0 aliphatic heterocycles. The van der Waals surface area contributed by atoms with Crippen molar-refractivity contribution in [1.82, 2.24) is 4.57 Å². The predicted octanol–water partition coefficient (Wildman–Crippen LogP) is 23.0. The quantitative estimate of drug-likeness (QED) is 0.138. The lowest BCUT2D eigenvalue weighted by atomic mass is 9.82. The fraction of sp³-hybridized carbons (Fsp3) is 0.200. The number of rotatable bonds is 8. The molecule has 82 heavy (non-hydrogen) atoms. The monoisotopic (exact) mass is 1060 g/mol. The molecule has 0 radical (unpaired) electrons. The minimum atomic E-state index is -0.128. The summed E-state index contributed by atoms with van der Waals surface area (Å²) in [4.78, 5) is 2.57. The highest BCUT2D eigenvalue weighted by Crippen LogP contribution is 2.51. The molecule has 0 bridgehead atoms. The molecule has 2 nitrogen and oxygen atoms in total. The Kier molecular flexibility index (Phi) is 12.5. The minimum Gasteiger partial charge on any atom is -0.309 e. The van der Waals surface area contributed by atoms with E-state index in [0.717, 1.165) is 17.1 Å². The number of anilines is 3. The second kappa shape index (κ2) is 19.5. The zero-order chi connectivity index (χ0) is 57.0. The third kappa shape index (κ3) is 9.14. The Hall–Kier alpha value is -8.72. The molecular weight excluding hydrogens is 989 g/mol. The van der Waals surface area contributed by atoms with Crippen LogP contribution in [0.5, 0.6) is 0 Å². The SMILES string of the molecule is CC(C)(C)c1ccc(-c2ccc(C(C)(C)C)cc2-c2ccc(N(c3cc(C(C)(C)C)ccc3-c3ccccc3-c3ccc(C(C)(C)C)cc3)c3ccc4ccc5c(-n6c7ccccc7c7ccccc76)ccc6ccc3c4c65)cc2)cc1. The number of aromatic nitrogens is 1. The molecule has 0 aliphatic carbocycles. The largest absolute Gasteiger partial charge is 0.309 e. The lowest BCUT2D eigenvalue weighted by Gasteiger charge is -2.32. The Balaban J connectivity index is 1.07. The molecule has 0 amide bonds. The molecule has 0 aliphatic rings. The van der Waals surface area contributed by atoms with Crippen molar-refractivity contribution in [3.05, 3.63) is 253 Å². The normalized spacial score (nSPS) is 12.6. The predicted molar refractivity (Wildman–Crippen MR) is 356 cm³/mol. The van der Waals surface area contributed by atoms with Crippen molar-refractivity contribution < 1.29 is 0 Å². The Morgan fingerprint density at radius 3 is 1.26 bits per heavy atom. The number of benzene rings is 12. The average molecular weight is 1060 g/mol. The number of nitrogens with zero attached hydrogens (tertiary/aromatic N) is 2.